The Morgan fingerprint density at radius 1 is 0.550 bits per heavy atom. The summed E-state index contributed by atoms with van der Waals surface area (Å²) in [6, 6.07) is 16.3. The summed E-state index contributed by atoms with van der Waals surface area (Å²) in [5.74, 6) is 8.07. The molecule has 0 fully saturated rings. The smallest absolute Gasteiger partial charge is 0.123 e. The molecule has 2 rings (SSSR count). The van der Waals surface area contributed by atoms with Crippen molar-refractivity contribution in [1.82, 2.24) is 21.0 Å². The monoisotopic (exact) mass is 555 g/mol. The summed E-state index contributed by atoms with van der Waals surface area (Å²) in [5, 5.41) is 12.6. The molecule has 226 valence electrons. The SMILES string of the molecule is COc1ccccc1CNCCCCCCNCCCCCNCCCCCCN(N)Cc1ccccc1OC. The fourth-order valence-corrected chi connectivity index (χ4v) is 4.90. The van der Waals surface area contributed by atoms with Crippen molar-refractivity contribution in [3.63, 3.8) is 0 Å². The fourth-order valence-electron chi connectivity index (χ4n) is 4.90. The van der Waals surface area contributed by atoms with Crippen LogP contribution in [0.5, 0.6) is 11.5 Å². The van der Waals surface area contributed by atoms with E-state index in [0.29, 0.717) is 0 Å². The first-order valence-corrected chi connectivity index (χ1v) is 15.6. The van der Waals surface area contributed by atoms with E-state index in [9.17, 15) is 0 Å². The van der Waals surface area contributed by atoms with Gasteiger partial charge in [0, 0.05) is 30.8 Å². The third kappa shape index (κ3) is 16.2. The molecule has 7 nitrogen and oxygen atoms in total. The molecule has 0 aromatic heterocycles. The van der Waals surface area contributed by atoms with Crippen molar-refractivity contribution in [2.24, 2.45) is 5.84 Å². The first kappa shape index (κ1) is 34.0. The number of hydrogen-bond acceptors (Lipinski definition) is 7. The molecule has 0 amide bonds. The van der Waals surface area contributed by atoms with E-state index in [-0.39, 0.29) is 0 Å². The predicted molar refractivity (Wildman–Crippen MR) is 169 cm³/mol. The van der Waals surface area contributed by atoms with Crippen LogP contribution in [0.3, 0.4) is 0 Å². The maximum atomic E-state index is 6.19. The molecule has 5 N–H and O–H groups in total. The average molecular weight is 556 g/mol. The summed E-state index contributed by atoms with van der Waals surface area (Å²) in [6.07, 6.45) is 13.8. The first-order chi connectivity index (χ1) is 19.7. The van der Waals surface area contributed by atoms with Crippen LogP contribution in [0, 0.1) is 0 Å². The lowest BCUT2D eigenvalue weighted by Crippen LogP contribution is -2.31. The minimum absolute atomic E-state index is 0.728. The van der Waals surface area contributed by atoms with E-state index in [4.69, 9.17) is 15.3 Å². The maximum Gasteiger partial charge on any atom is 0.123 e. The zero-order valence-electron chi connectivity index (χ0n) is 25.4. The Labute approximate surface area is 244 Å². The molecule has 0 unspecified atom stereocenters. The van der Waals surface area contributed by atoms with E-state index in [1.54, 1.807) is 14.2 Å². The number of hydrogen-bond donors (Lipinski definition) is 4. The van der Waals surface area contributed by atoms with Crippen molar-refractivity contribution in [3.8, 4) is 11.5 Å². The van der Waals surface area contributed by atoms with Crippen LogP contribution >= 0.6 is 0 Å². The molecule has 0 atom stereocenters. The largest absolute Gasteiger partial charge is 0.496 e. The van der Waals surface area contributed by atoms with Crippen LogP contribution < -0.4 is 31.3 Å². The minimum Gasteiger partial charge on any atom is -0.496 e. The Bertz CT molecular complexity index is 866. The lowest BCUT2D eigenvalue weighted by molar-refractivity contribution is 0.262. The molecule has 0 aliphatic heterocycles. The van der Waals surface area contributed by atoms with Gasteiger partial charge in [0.2, 0.25) is 0 Å². The molecule has 0 saturated carbocycles. The highest BCUT2D eigenvalue weighted by atomic mass is 16.5. The van der Waals surface area contributed by atoms with Crippen LogP contribution in [0.2, 0.25) is 0 Å². The molecule has 0 radical (unpaired) electrons. The van der Waals surface area contributed by atoms with Gasteiger partial charge in [-0.2, -0.15) is 0 Å². The molecule has 0 spiro atoms. The summed E-state index contributed by atoms with van der Waals surface area (Å²) < 4.78 is 10.8. The lowest BCUT2D eigenvalue weighted by atomic mass is 10.1. The Kier molecular flexibility index (Phi) is 20.0. The second kappa shape index (κ2) is 23.5. The molecule has 0 bridgehead atoms. The Morgan fingerprint density at radius 3 is 1.52 bits per heavy atom. The van der Waals surface area contributed by atoms with Gasteiger partial charge in [-0.3, -0.25) is 5.84 Å². The molecular formula is C33H57N5O2. The molecule has 7 heteroatoms. The van der Waals surface area contributed by atoms with E-state index in [0.717, 1.165) is 75.8 Å². The van der Waals surface area contributed by atoms with Gasteiger partial charge in [-0.25, -0.2) is 5.01 Å². The van der Waals surface area contributed by atoms with Crippen molar-refractivity contribution in [3.05, 3.63) is 59.7 Å². The van der Waals surface area contributed by atoms with E-state index >= 15 is 0 Å². The van der Waals surface area contributed by atoms with Gasteiger partial charge < -0.3 is 25.4 Å². The zero-order chi connectivity index (χ0) is 28.5. The number of para-hydroxylation sites is 2. The molecule has 0 aliphatic rings. The summed E-state index contributed by atoms with van der Waals surface area (Å²) in [7, 11) is 3.44. The highest BCUT2D eigenvalue weighted by molar-refractivity contribution is 5.33. The van der Waals surface area contributed by atoms with Crippen molar-refractivity contribution in [2.45, 2.75) is 83.7 Å². The van der Waals surface area contributed by atoms with Gasteiger partial charge in [0.15, 0.2) is 0 Å². The number of rotatable bonds is 26. The average Bonchev–Trinajstić information content (AvgIpc) is 2.98. The van der Waals surface area contributed by atoms with E-state index < -0.39 is 0 Å². The number of hydrazine groups is 1. The first-order valence-electron chi connectivity index (χ1n) is 15.6. The standard InChI is InChI=1S/C33H57N5O2/c1-39-32-20-10-8-18-30(32)28-37-26-14-4-3-12-22-35-24-15-7-16-25-36-23-13-5-6-17-27-38(34)29-31-19-9-11-21-33(31)40-2/h8-11,18-21,35-37H,3-7,12-17,22-29,34H2,1-2H3. The normalized spacial score (nSPS) is 11.3. The quantitative estimate of drug-likeness (QED) is 0.0679. The van der Waals surface area contributed by atoms with Crippen LogP contribution in [0.25, 0.3) is 0 Å². The number of benzene rings is 2. The third-order valence-electron chi connectivity index (χ3n) is 7.29. The van der Waals surface area contributed by atoms with E-state index in [1.165, 1.54) is 69.8 Å². The van der Waals surface area contributed by atoms with Crippen molar-refractivity contribution >= 4 is 0 Å². The highest BCUT2D eigenvalue weighted by Gasteiger charge is 2.06. The third-order valence-corrected chi connectivity index (χ3v) is 7.29. The molecule has 2 aromatic carbocycles. The molecule has 2 aromatic rings. The molecule has 0 heterocycles. The number of ether oxygens (including phenoxy) is 2. The number of nitrogens with two attached hydrogens (primary N) is 1. The summed E-state index contributed by atoms with van der Waals surface area (Å²) >= 11 is 0. The minimum atomic E-state index is 0.728. The summed E-state index contributed by atoms with van der Waals surface area (Å²) in [4.78, 5) is 0. The van der Waals surface area contributed by atoms with Gasteiger partial charge in [0.1, 0.15) is 11.5 Å². The van der Waals surface area contributed by atoms with Crippen molar-refractivity contribution in [1.29, 1.82) is 0 Å². The number of nitrogens with zero attached hydrogens (tertiary/aromatic N) is 1. The Morgan fingerprint density at radius 2 is 0.975 bits per heavy atom. The van der Waals surface area contributed by atoms with E-state index in [1.807, 2.05) is 35.3 Å². The maximum absolute atomic E-state index is 6.19. The number of methoxy groups -OCH3 is 2. The van der Waals surface area contributed by atoms with Crippen LogP contribution in [-0.2, 0) is 13.1 Å². The van der Waals surface area contributed by atoms with Gasteiger partial charge in [0.25, 0.3) is 0 Å². The molecular weight excluding hydrogens is 498 g/mol. The summed E-state index contributed by atoms with van der Waals surface area (Å²) in [5.41, 5.74) is 2.37. The van der Waals surface area contributed by atoms with Gasteiger partial charge in [0.05, 0.1) is 14.2 Å². The second-order valence-corrected chi connectivity index (χ2v) is 10.7. The van der Waals surface area contributed by atoms with E-state index in [2.05, 4.69) is 34.1 Å². The van der Waals surface area contributed by atoms with Gasteiger partial charge in [-0.1, -0.05) is 68.5 Å². The predicted octanol–water partition coefficient (Wildman–Crippen LogP) is 5.64. The number of unbranched alkanes of at least 4 members (excludes halogenated alkanes) is 8. The van der Waals surface area contributed by atoms with Gasteiger partial charge in [-0.05, 0) is 83.4 Å². The molecule has 40 heavy (non-hydrogen) atoms. The molecule has 0 saturated heterocycles. The lowest BCUT2D eigenvalue weighted by Gasteiger charge is -2.18. The van der Waals surface area contributed by atoms with Crippen molar-refractivity contribution in [2.75, 3.05) is 53.5 Å². The van der Waals surface area contributed by atoms with Gasteiger partial charge >= 0.3 is 0 Å². The Balaban J connectivity index is 1.26. The molecule has 0 aliphatic carbocycles. The van der Waals surface area contributed by atoms with Crippen molar-refractivity contribution < 1.29 is 9.47 Å². The topological polar surface area (TPSA) is 83.8 Å². The van der Waals surface area contributed by atoms with Crippen LogP contribution in [0.4, 0.5) is 0 Å². The van der Waals surface area contributed by atoms with Crippen LogP contribution in [-0.4, -0.2) is 58.5 Å². The van der Waals surface area contributed by atoms with Crippen LogP contribution in [0.1, 0.15) is 81.8 Å². The number of nitrogens with one attached hydrogen (secondary N) is 3. The Hall–Kier alpha value is -2.16. The van der Waals surface area contributed by atoms with Crippen LogP contribution in [0.15, 0.2) is 48.5 Å². The highest BCUT2D eigenvalue weighted by Crippen LogP contribution is 2.18. The summed E-state index contributed by atoms with van der Waals surface area (Å²) in [6.45, 7) is 8.15. The second-order valence-electron chi connectivity index (χ2n) is 10.7. The fraction of sp³-hybridized carbons (Fsp3) is 0.636. The zero-order valence-corrected chi connectivity index (χ0v) is 25.4. The van der Waals surface area contributed by atoms with Gasteiger partial charge in [-0.15, -0.1) is 0 Å².